The number of allylic oxidation sites excluding steroid dienone is 3. The number of amides is 2. The number of H-pyrrole nitrogens is 2. The molecule has 4 heterocycles. The number of aromatic amines is 2. The van der Waals surface area contributed by atoms with Crippen LogP contribution >= 0.6 is 0 Å². The molecule has 0 spiro atoms. The number of hydrogen-bond acceptors (Lipinski definition) is 8. The third-order valence-electron chi connectivity index (χ3n) is 13.5. The Morgan fingerprint density at radius 3 is 1.64 bits per heavy atom. The van der Waals surface area contributed by atoms with Crippen molar-refractivity contribution in [2.24, 2.45) is 5.41 Å². The van der Waals surface area contributed by atoms with E-state index in [1.54, 1.807) is 48.6 Å². The Hall–Kier alpha value is -8.13. The third-order valence-corrected chi connectivity index (χ3v) is 13.5. The van der Waals surface area contributed by atoms with E-state index in [-0.39, 0.29) is 29.6 Å². The number of ether oxygens (including phenoxy) is 4. The van der Waals surface area contributed by atoms with Crippen molar-refractivity contribution in [3.63, 3.8) is 0 Å². The minimum Gasteiger partial charge on any atom is -0.488 e. The van der Waals surface area contributed by atoms with Crippen molar-refractivity contribution in [1.82, 2.24) is 9.97 Å². The van der Waals surface area contributed by atoms with Crippen LogP contribution in [0, 0.1) is 29.1 Å². The van der Waals surface area contributed by atoms with Crippen LogP contribution in [0.15, 0.2) is 151 Å². The van der Waals surface area contributed by atoms with Gasteiger partial charge < -0.3 is 44.7 Å². The Kier molecular flexibility index (Phi) is 13.7. The average molecular weight is 959 g/mol. The normalized spacial score (nSPS) is 16.8. The quantitative estimate of drug-likeness (QED) is 0.0801. The monoisotopic (exact) mass is 958 g/mol. The molecule has 0 bridgehead atoms. The lowest BCUT2D eigenvalue weighted by atomic mass is 9.51. The van der Waals surface area contributed by atoms with Gasteiger partial charge in [-0.3, -0.25) is 14.4 Å². The Balaban J connectivity index is 1.23. The van der Waals surface area contributed by atoms with Gasteiger partial charge in [0, 0.05) is 79.7 Å². The number of carbonyl (C=O) groups is 3. The van der Waals surface area contributed by atoms with Crippen molar-refractivity contribution in [2.75, 3.05) is 37.1 Å². The number of nitrogens with one attached hydrogen (secondary N) is 4. The van der Waals surface area contributed by atoms with Gasteiger partial charge in [0.05, 0.1) is 43.2 Å². The molecule has 1 atom stereocenters. The first-order valence-corrected chi connectivity index (χ1v) is 24.3. The molecule has 2 fully saturated rings. The summed E-state index contributed by atoms with van der Waals surface area (Å²) in [5.41, 5.74) is 2.46. The van der Waals surface area contributed by atoms with Gasteiger partial charge in [-0.2, -0.15) is 0 Å². The molecule has 2 amide bonds. The maximum Gasteiger partial charge on any atom is 0.221 e. The smallest absolute Gasteiger partial charge is 0.221 e. The fourth-order valence-corrected chi connectivity index (χ4v) is 10.0. The molecule has 0 radical (unpaired) electrons. The minimum absolute atomic E-state index is 0.0913. The number of anilines is 2. The Bertz CT molecular complexity index is 3190. The fourth-order valence-electron chi connectivity index (χ4n) is 10.0. The highest BCUT2D eigenvalue weighted by atomic mass is 16.5. The third kappa shape index (κ3) is 9.68. The average Bonchev–Trinajstić information content (AvgIpc) is 4.08. The van der Waals surface area contributed by atoms with Crippen LogP contribution in [-0.2, 0) is 29.3 Å². The molecule has 12 heteroatoms. The Morgan fingerprint density at radius 2 is 1.15 bits per heavy atom. The SMILES string of the molecule is CC(=O)Nc1cc(C#CC2(C#Cc3ccc(OC4CCOCC4)c(NC(C)=O)c3)C=CC=C(C(=O)C(O)c3ccccc3)C2(c2ccc3cc[nH]c3c2)c2ccc3cc[nH]c3c2)ccc1OC1CCOCC1. The number of Topliss-reactive ketones (excluding diaryl/α,β-unsaturated/α-hetero) is 1. The first kappa shape index (κ1) is 47.5. The molecule has 5 aromatic carbocycles. The van der Waals surface area contributed by atoms with Gasteiger partial charge in [-0.15, -0.1) is 0 Å². The summed E-state index contributed by atoms with van der Waals surface area (Å²) in [6.45, 7) is 5.22. The van der Waals surface area contributed by atoms with Gasteiger partial charge in [0.2, 0.25) is 11.8 Å². The van der Waals surface area contributed by atoms with Crippen LogP contribution in [0.4, 0.5) is 11.4 Å². The van der Waals surface area contributed by atoms with E-state index < -0.39 is 22.7 Å². The predicted octanol–water partition coefficient (Wildman–Crippen LogP) is 9.86. The predicted molar refractivity (Wildman–Crippen MR) is 278 cm³/mol. The van der Waals surface area contributed by atoms with E-state index in [2.05, 4.69) is 44.3 Å². The molecule has 362 valence electrons. The zero-order valence-corrected chi connectivity index (χ0v) is 40.1. The summed E-state index contributed by atoms with van der Waals surface area (Å²) in [5, 5.41) is 20.0. The molecule has 3 aliphatic rings. The van der Waals surface area contributed by atoms with Crippen LogP contribution < -0.4 is 20.1 Å². The first-order valence-electron chi connectivity index (χ1n) is 24.3. The number of fused-ring (bicyclic) bond motifs is 2. The summed E-state index contributed by atoms with van der Waals surface area (Å²) in [5.74, 6) is 14.2. The standard InChI is InChI=1S/C60H54N4O8/c1-39(65)63-53-35-41(10-16-55(53)71-48-22-31-69-32-23-48)18-27-59(28-19-42-11-17-56(54(36-42)64-40(2)66)72-49-24-33-70-34-25-49)26-6-9-50(58(68)57(67)45-7-4-3-5-8-45)60(59,46-14-12-43-20-29-61-51(43)37-46)47-15-13-44-21-30-62-52(44)38-47/h3-17,20-21,26,29-30,35-38,48-49,57,61-62,67H,22-25,31-34H2,1-2H3,(H,63,65)(H,64,66). The number of aliphatic hydroxyl groups is 1. The van der Waals surface area contributed by atoms with Gasteiger partial charge in [-0.25, -0.2) is 0 Å². The van der Waals surface area contributed by atoms with E-state index in [1.807, 2.05) is 97.3 Å². The van der Waals surface area contributed by atoms with Gasteiger partial charge in [-0.05, 0) is 88.1 Å². The summed E-state index contributed by atoms with van der Waals surface area (Å²) < 4.78 is 24.0. The molecule has 10 rings (SSSR count). The van der Waals surface area contributed by atoms with Crippen molar-refractivity contribution in [1.29, 1.82) is 0 Å². The summed E-state index contributed by atoms with van der Waals surface area (Å²) in [7, 11) is 0. The van der Waals surface area contributed by atoms with Gasteiger partial charge in [0.25, 0.3) is 0 Å². The van der Waals surface area contributed by atoms with Crippen LogP contribution in [0.3, 0.4) is 0 Å². The van der Waals surface area contributed by atoms with E-state index >= 15 is 4.79 Å². The zero-order valence-electron chi connectivity index (χ0n) is 40.1. The molecular weight excluding hydrogens is 905 g/mol. The zero-order chi connectivity index (χ0) is 49.7. The highest BCUT2D eigenvalue weighted by Gasteiger charge is 2.57. The van der Waals surface area contributed by atoms with E-state index in [0.29, 0.717) is 103 Å². The Labute approximate surface area is 417 Å². The highest BCUT2D eigenvalue weighted by Crippen LogP contribution is 2.56. The number of ketones is 1. The molecule has 2 saturated heterocycles. The van der Waals surface area contributed by atoms with E-state index in [4.69, 9.17) is 18.9 Å². The maximum absolute atomic E-state index is 15.6. The topological polar surface area (TPSA) is 164 Å². The minimum atomic E-state index is -1.61. The van der Waals surface area contributed by atoms with Crippen LogP contribution in [0.1, 0.15) is 73.5 Å². The summed E-state index contributed by atoms with van der Waals surface area (Å²) in [6, 6.07) is 35.8. The van der Waals surface area contributed by atoms with Gasteiger partial charge >= 0.3 is 0 Å². The molecule has 0 saturated carbocycles. The molecule has 1 aliphatic carbocycles. The van der Waals surface area contributed by atoms with Crippen LogP contribution in [-0.4, -0.2) is 71.3 Å². The van der Waals surface area contributed by atoms with Gasteiger partial charge in [0.1, 0.15) is 35.2 Å². The second-order valence-electron chi connectivity index (χ2n) is 18.4. The van der Waals surface area contributed by atoms with Crippen LogP contribution in [0.25, 0.3) is 21.8 Å². The van der Waals surface area contributed by atoms with Crippen molar-refractivity contribution in [3.05, 3.63) is 179 Å². The van der Waals surface area contributed by atoms with Gasteiger partial charge in [0.15, 0.2) is 5.78 Å². The number of carbonyl (C=O) groups excluding carboxylic acids is 3. The van der Waals surface area contributed by atoms with E-state index in [9.17, 15) is 14.7 Å². The second-order valence-corrected chi connectivity index (χ2v) is 18.4. The van der Waals surface area contributed by atoms with Gasteiger partial charge in [-0.1, -0.05) is 96.5 Å². The Morgan fingerprint density at radius 1 is 0.653 bits per heavy atom. The molecule has 1 unspecified atom stereocenters. The second kappa shape index (κ2) is 20.7. The van der Waals surface area contributed by atoms with Crippen LogP contribution in [0.5, 0.6) is 11.5 Å². The largest absolute Gasteiger partial charge is 0.488 e. The van der Waals surface area contributed by atoms with Crippen molar-refractivity contribution < 1.29 is 38.4 Å². The molecule has 12 nitrogen and oxygen atoms in total. The first-order chi connectivity index (χ1) is 35.1. The number of aliphatic hydroxyl groups excluding tert-OH is 1. The summed E-state index contributed by atoms with van der Waals surface area (Å²) in [4.78, 5) is 47.8. The molecule has 5 N–H and O–H groups in total. The van der Waals surface area contributed by atoms with E-state index in [1.165, 1.54) is 13.8 Å². The lowest BCUT2D eigenvalue weighted by Gasteiger charge is -2.47. The van der Waals surface area contributed by atoms with Crippen molar-refractivity contribution in [3.8, 4) is 35.2 Å². The lowest BCUT2D eigenvalue weighted by Crippen LogP contribution is -2.50. The van der Waals surface area contributed by atoms with Crippen LogP contribution in [0.2, 0.25) is 0 Å². The number of hydrogen-bond donors (Lipinski definition) is 5. The fraction of sp³-hybridized carbons (Fsp3) is 0.250. The molecular formula is C60H54N4O8. The molecule has 7 aromatic rings. The molecule has 2 aromatic heterocycles. The molecule has 2 aliphatic heterocycles. The molecule has 72 heavy (non-hydrogen) atoms. The lowest BCUT2D eigenvalue weighted by molar-refractivity contribution is -0.124. The number of aromatic nitrogens is 2. The number of rotatable bonds is 11. The highest BCUT2D eigenvalue weighted by molar-refractivity contribution is 6.04. The summed E-state index contributed by atoms with van der Waals surface area (Å²) >= 11 is 0. The summed E-state index contributed by atoms with van der Waals surface area (Å²) in [6.07, 6.45) is 10.3. The van der Waals surface area contributed by atoms with Crippen molar-refractivity contribution >= 4 is 50.8 Å². The maximum atomic E-state index is 15.6. The van der Waals surface area contributed by atoms with E-state index in [0.717, 1.165) is 21.8 Å². The van der Waals surface area contributed by atoms with Crippen molar-refractivity contribution in [2.45, 2.75) is 63.3 Å². The number of benzene rings is 5.